The number of rotatable bonds is 7. The average molecular weight is 267 g/mol. The summed E-state index contributed by atoms with van der Waals surface area (Å²) in [7, 11) is 0. The van der Waals surface area contributed by atoms with Crippen LogP contribution in [0.5, 0.6) is 0 Å². The van der Waals surface area contributed by atoms with Gasteiger partial charge in [-0.2, -0.15) is 5.26 Å². The molecule has 6 nitrogen and oxygen atoms in total. The van der Waals surface area contributed by atoms with E-state index >= 15 is 0 Å². The quantitative estimate of drug-likeness (QED) is 0.760. The van der Waals surface area contributed by atoms with Crippen molar-refractivity contribution in [3.05, 3.63) is 0 Å². The summed E-state index contributed by atoms with van der Waals surface area (Å²) in [5.74, 6) is -0.897. The molecule has 1 saturated carbocycles. The normalized spacial score (nSPS) is 14.0. The number of carbonyl (C=O) groups is 2. The van der Waals surface area contributed by atoms with Crippen molar-refractivity contribution >= 4 is 12.0 Å². The molecule has 0 aromatic heterocycles. The van der Waals surface area contributed by atoms with Crippen molar-refractivity contribution < 1.29 is 14.7 Å². The standard InChI is InChI=1S/C13H21N3O3/c1-10(2)15(8-3-7-14)13(19)16(11-4-5-11)9-6-12(17)18/h10-11H,3-6,8-9H2,1-2H3,(H,17,18). The van der Waals surface area contributed by atoms with Gasteiger partial charge >= 0.3 is 12.0 Å². The molecule has 1 aliphatic rings. The van der Waals surface area contributed by atoms with E-state index in [-0.39, 0.29) is 31.1 Å². The molecule has 2 amide bonds. The molecule has 0 aromatic carbocycles. The predicted octanol–water partition coefficient (Wildman–Crippen LogP) is 1.67. The first kappa shape index (κ1) is 15.3. The Morgan fingerprint density at radius 3 is 2.42 bits per heavy atom. The Labute approximate surface area is 113 Å². The summed E-state index contributed by atoms with van der Waals surface area (Å²) in [5.41, 5.74) is 0. The number of hydrogen-bond donors (Lipinski definition) is 1. The van der Waals surface area contributed by atoms with Gasteiger partial charge in [0.15, 0.2) is 0 Å². The van der Waals surface area contributed by atoms with Gasteiger partial charge in [0.05, 0.1) is 18.9 Å². The molecule has 1 aliphatic carbocycles. The summed E-state index contributed by atoms with van der Waals surface area (Å²) in [6.45, 7) is 4.44. The van der Waals surface area contributed by atoms with Gasteiger partial charge in [-0.15, -0.1) is 0 Å². The van der Waals surface area contributed by atoms with Gasteiger partial charge in [0.1, 0.15) is 0 Å². The van der Waals surface area contributed by atoms with Crippen molar-refractivity contribution in [1.29, 1.82) is 5.26 Å². The van der Waals surface area contributed by atoms with Gasteiger partial charge in [-0.1, -0.05) is 0 Å². The Morgan fingerprint density at radius 2 is 2.00 bits per heavy atom. The second-order valence-electron chi connectivity index (χ2n) is 5.05. The minimum absolute atomic E-state index is 0.00641. The van der Waals surface area contributed by atoms with Crippen LogP contribution in [0.2, 0.25) is 0 Å². The third kappa shape index (κ3) is 4.78. The number of aliphatic carboxylic acids is 1. The summed E-state index contributed by atoms with van der Waals surface area (Å²) >= 11 is 0. The number of amides is 2. The fraction of sp³-hybridized carbons (Fsp3) is 0.769. The van der Waals surface area contributed by atoms with Gasteiger partial charge in [-0.05, 0) is 26.7 Å². The molecule has 0 atom stereocenters. The van der Waals surface area contributed by atoms with E-state index < -0.39 is 5.97 Å². The highest BCUT2D eigenvalue weighted by Crippen LogP contribution is 2.28. The molecule has 1 fully saturated rings. The van der Waals surface area contributed by atoms with E-state index in [1.165, 1.54) is 0 Å². The van der Waals surface area contributed by atoms with Gasteiger partial charge in [0.25, 0.3) is 0 Å². The number of urea groups is 1. The van der Waals surface area contributed by atoms with Crippen LogP contribution in [0.4, 0.5) is 4.79 Å². The monoisotopic (exact) mass is 267 g/mol. The van der Waals surface area contributed by atoms with Crippen molar-refractivity contribution in [3.63, 3.8) is 0 Å². The molecule has 0 radical (unpaired) electrons. The van der Waals surface area contributed by atoms with Crippen LogP contribution >= 0.6 is 0 Å². The second kappa shape index (κ2) is 6.98. The molecule has 0 aromatic rings. The van der Waals surface area contributed by atoms with Crippen LogP contribution in [-0.2, 0) is 4.79 Å². The molecule has 0 unspecified atom stereocenters. The fourth-order valence-electron chi connectivity index (χ4n) is 1.95. The van der Waals surface area contributed by atoms with Crippen molar-refractivity contribution in [2.45, 2.75) is 51.6 Å². The first-order valence-corrected chi connectivity index (χ1v) is 6.63. The highest BCUT2D eigenvalue weighted by atomic mass is 16.4. The summed E-state index contributed by atoms with van der Waals surface area (Å²) in [6, 6.07) is 2.07. The molecular formula is C13H21N3O3. The Bertz CT molecular complexity index is 372. The maximum absolute atomic E-state index is 12.4. The van der Waals surface area contributed by atoms with Crippen LogP contribution in [0.25, 0.3) is 0 Å². The predicted molar refractivity (Wildman–Crippen MR) is 69.4 cm³/mol. The molecular weight excluding hydrogens is 246 g/mol. The summed E-state index contributed by atoms with van der Waals surface area (Å²) in [4.78, 5) is 26.4. The lowest BCUT2D eigenvalue weighted by atomic mass is 10.3. The number of nitriles is 1. The fourth-order valence-corrected chi connectivity index (χ4v) is 1.95. The largest absolute Gasteiger partial charge is 0.481 e. The van der Waals surface area contributed by atoms with Crippen LogP contribution in [0.3, 0.4) is 0 Å². The molecule has 6 heteroatoms. The number of carboxylic acids is 1. The zero-order valence-corrected chi connectivity index (χ0v) is 11.5. The summed E-state index contributed by atoms with van der Waals surface area (Å²) < 4.78 is 0. The van der Waals surface area contributed by atoms with E-state index in [4.69, 9.17) is 10.4 Å². The molecule has 0 spiro atoms. The van der Waals surface area contributed by atoms with Crippen LogP contribution in [-0.4, -0.2) is 52.1 Å². The number of carbonyl (C=O) groups excluding carboxylic acids is 1. The highest BCUT2D eigenvalue weighted by Gasteiger charge is 2.35. The lowest BCUT2D eigenvalue weighted by molar-refractivity contribution is -0.137. The van der Waals surface area contributed by atoms with Gasteiger partial charge in [0, 0.05) is 25.2 Å². The Morgan fingerprint density at radius 1 is 1.37 bits per heavy atom. The van der Waals surface area contributed by atoms with Crippen molar-refractivity contribution in [2.75, 3.05) is 13.1 Å². The van der Waals surface area contributed by atoms with E-state index in [9.17, 15) is 9.59 Å². The van der Waals surface area contributed by atoms with Crippen LogP contribution in [0.15, 0.2) is 0 Å². The molecule has 106 valence electrons. The molecule has 0 heterocycles. The molecule has 19 heavy (non-hydrogen) atoms. The lowest BCUT2D eigenvalue weighted by Gasteiger charge is -2.32. The second-order valence-corrected chi connectivity index (χ2v) is 5.05. The zero-order valence-electron chi connectivity index (χ0n) is 11.5. The smallest absolute Gasteiger partial charge is 0.320 e. The molecule has 0 aliphatic heterocycles. The van der Waals surface area contributed by atoms with Gasteiger partial charge in [-0.3, -0.25) is 4.79 Å². The van der Waals surface area contributed by atoms with Crippen LogP contribution in [0, 0.1) is 11.3 Å². The highest BCUT2D eigenvalue weighted by molar-refractivity contribution is 5.76. The molecule has 0 bridgehead atoms. The maximum Gasteiger partial charge on any atom is 0.320 e. The van der Waals surface area contributed by atoms with Gasteiger partial charge in [-0.25, -0.2) is 4.79 Å². The Balaban J connectivity index is 2.67. The SMILES string of the molecule is CC(C)N(CCC#N)C(=O)N(CCC(=O)O)C1CC1. The minimum Gasteiger partial charge on any atom is -0.481 e. The molecule has 1 N–H and O–H groups in total. The number of nitrogens with zero attached hydrogens (tertiary/aromatic N) is 3. The van der Waals surface area contributed by atoms with Gasteiger partial charge in [0.2, 0.25) is 0 Å². The topological polar surface area (TPSA) is 84.6 Å². The van der Waals surface area contributed by atoms with Gasteiger partial charge < -0.3 is 14.9 Å². The third-order valence-electron chi connectivity index (χ3n) is 3.13. The van der Waals surface area contributed by atoms with Crippen molar-refractivity contribution in [3.8, 4) is 6.07 Å². The van der Waals surface area contributed by atoms with E-state index in [2.05, 4.69) is 0 Å². The Kier molecular flexibility index (Phi) is 5.61. The van der Waals surface area contributed by atoms with E-state index in [1.54, 1.807) is 9.80 Å². The first-order valence-electron chi connectivity index (χ1n) is 6.63. The molecule has 0 saturated heterocycles. The van der Waals surface area contributed by atoms with E-state index in [0.29, 0.717) is 13.0 Å². The summed E-state index contributed by atoms with van der Waals surface area (Å²) in [5, 5.41) is 17.4. The number of carboxylic acid groups (broad SMARTS) is 1. The molecule has 1 rings (SSSR count). The van der Waals surface area contributed by atoms with E-state index in [1.807, 2.05) is 19.9 Å². The van der Waals surface area contributed by atoms with Crippen molar-refractivity contribution in [1.82, 2.24) is 9.80 Å². The lowest BCUT2D eigenvalue weighted by Crippen LogP contribution is -2.48. The minimum atomic E-state index is -0.897. The summed E-state index contributed by atoms with van der Waals surface area (Å²) in [6.07, 6.45) is 2.14. The maximum atomic E-state index is 12.4. The Hall–Kier alpha value is -1.77. The zero-order chi connectivity index (χ0) is 14.4. The van der Waals surface area contributed by atoms with Crippen LogP contribution < -0.4 is 0 Å². The van der Waals surface area contributed by atoms with E-state index in [0.717, 1.165) is 12.8 Å². The first-order chi connectivity index (χ1) is 8.97. The van der Waals surface area contributed by atoms with Crippen molar-refractivity contribution in [2.24, 2.45) is 0 Å². The average Bonchev–Trinajstić information content (AvgIpc) is 3.13. The van der Waals surface area contributed by atoms with Crippen LogP contribution in [0.1, 0.15) is 39.5 Å². The number of hydrogen-bond acceptors (Lipinski definition) is 3. The third-order valence-corrected chi connectivity index (χ3v) is 3.13.